The first kappa shape index (κ1) is 15.5. The molecular formula is C15H24N2O2. The van der Waals surface area contributed by atoms with Crippen LogP contribution in [0.4, 0.5) is 0 Å². The second kappa shape index (κ2) is 7.79. The number of carbonyl (C=O) groups excluding carboxylic acids is 1. The molecule has 0 fully saturated rings. The van der Waals surface area contributed by atoms with Gasteiger partial charge < -0.3 is 15.4 Å². The van der Waals surface area contributed by atoms with Gasteiger partial charge in [-0.2, -0.15) is 0 Å². The van der Waals surface area contributed by atoms with E-state index in [9.17, 15) is 4.79 Å². The number of amides is 1. The highest BCUT2D eigenvalue weighted by Crippen LogP contribution is 2.15. The topological polar surface area (TPSA) is 55.6 Å². The molecule has 0 aliphatic heterocycles. The van der Waals surface area contributed by atoms with Crippen molar-refractivity contribution in [1.29, 1.82) is 0 Å². The van der Waals surface area contributed by atoms with Gasteiger partial charge in [0.05, 0.1) is 6.10 Å². The van der Waals surface area contributed by atoms with E-state index in [-0.39, 0.29) is 12.0 Å². The number of carbonyl (C=O) groups is 1. The summed E-state index contributed by atoms with van der Waals surface area (Å²) in [6, 6.07) is 7.86. The summed E-state index contributed by atoms with van der Waals surface area (Å²) in [6.07, 6.45) is 1.43. The lowest BCUT2D eigenvalue weighted by Crippen LogP contribution is -2.26. The summed E-state index contributed by atoms with van der Waals surface area (Å²) in [5.74, 6) is 0.990. The minimum Gasteiger partial charge on any atom is -0.491 e. The first-order valence-electron chi connectivity index (χ1n) is 6.72. The maximum Gasteiger partial charge on any atom is 0.222 e. The highest BCUT2D eigenvalue weighted by molar-refractivity contribution is 5.75. The van der Waals surface area contributed by atoms with Crippen LogP contribution in [0, 0.1) is 0 Å². The predicted molar refractivity (Wildman–Crippen MR) is 77.0 cm³/mol. The number of rotatable bonds is 7. The fraction of sp³-hybridized carbons (Fsp3) is 0.533. The number of hydrogen-bond acceptors (Lipinski definition) is 3. The molecule has 0 aliphatic rings. The van der Waals surface area contributed by atoms with Crippen LogP contribution in [0.5, 0.6) is 5.75 Å². The summed E-state index contributed by atoms with van der Waals surface area (Å²) < 4.78 is 5.58. The molecule has 0 saturated carbocycles. The fourth-order valence-electron chi connectivity index (χ4n) is 1.75. The molecule has 0 spiro atoms. The molecule has 4 heteroatoms. The van der Waals surface area contributed by atoms with E-state index in [0.717, 1.165) is 17.7 Å². The van der Waals surface area contributed by atoms with Gasteiger partial charge in [-0.05, 0) is 44.5 Å². The SMILES string of the molecule is CC(C)Oc1ccc(CN(C)C(=O)CCCN)cc1. The standard InChI is InChI=1S/C15H24N2O2/c1-12(2)19-14-8-6-13(7-9-14)11-17(3)15(18)5-4-10-16/h6-9,12H,4-5,10-11,16H2,1-3H3. The highest BCUT2D eigenvalue weighted by atomic mass is 16.5. The number of benzene rings is 1. The molecule has 2 N–H and O–H groups in total. The van der Waals surface area contributed by atoms with Crippen molar-refractivity contribution in [2.24, 2.45) is 5.73 Å². The van der Waals surface area contributed by atoms with Crippen molar-refractivity contribution in [1.82, 2.24) is 4.90 Å². The molecule has 1 rings (SSSR count). The van der Waals surface area contributed by atoms with Crippen LogP contribution in [-0.4, -0.2) is 30.5 Å². The van der Waals surface area contributed by atoms with Gasteiger partial charge in [0.2, 0.25) is 5.91 Å². The molecule has 0 unspecified atom stereocenters. The summed E-state index contributed by atoms with van der Waals surface area (Å²) >= 11 is 0. The Kier molecular flexibility index (Phi) is 6.36. The van der Waals surface area contributed by atoms with Crippen molar-refractivity contribution < 1.29 is 9.53 Å². The minimum absolute atomic E-state index is 0.132. The lowest BCUT2D eigenvalue weighted by atomic mass is 10.2. The van der Waals surface area contributed by atoms with Crippen molar-refractivity contribution in [3.05, 3.63) is 29.8 Å². The van der Waals surface area contributed by atoms with Crippen LogP contribution in [0.3, 0.4) is 0 Å². The van der Waals surface area contributed by atoms with Crippen molar-refractivity contribution >= 4 is 5.91 Å². The second-order valence-corrected chi connectivity index (χ2v) is 4.95. The van der Waals surface area contributed by atoms with Crippen LogP contribution in [0.15, 0.2) is 24.3 Å². The van der Waals surface area contributed by atoms with E-state index >= 15 is 0 Å². The van der Waals surface area contributed by atoms with E-state index in [2.05, 4.69) is 0 Å². The van der Waals surface area contributed by atoms with Gasteiger partial charge in [0.25, 0.3) is 0 Å². The summed E-state index contributed by atoms with van der Waals surface area (Å²) in [4.78, 5) is 13.5. The molecule has 0 atom stereocenters. The van der Waals surface area contributed by atoms with E-state index in [1.165, 1.54) is 0 Å². The Morgan fingerprint density at radius 1 is 1.32 bits per heavy atom. The predicted octanol–water partition coefficient (Wildman–Crippen LogP) is 2.17. The molecule has 1 aromatic carbocycles. The van der Waals surface area contributed by atoms with Crippen molar-refractivity contribution in [3.8, 4) is 5.75 Å². The fourth-order valence-corrected chi connectivity index (χ4v) is 1.75. The van der Waals surface area contributed by atoms with Gasteiger partial charge in [0, 0.05) is 20.0 Å². The van der Waals surface area contributed by atoms with Gasteiger partial charge in [-0.15, -0.1) is 0 Å². The molecule has 0 aromatic heterocycles. The molecular weight excluding hydrogens is 240 g/mol. The molecule has 0 bridgehead atoms. The van der Waals surface area contributed by atoms with Crippen LogP contribution in [0.2, 0.25) is 0 Å². The van der Waals surface area contributed by atoms with Gasteiger partial charge in [-0.1, -0.05) is 12.1 Å². The summed E-state index contributed by atoms with van der Waals surface area (Å²) in [5, 5.41) is 0. The number of hydrogen-bond donors (Lipinski definition) is 1. The van der Waals surface area contributed by atoms with Crippen LogP contribution >= 0.6 is 0 Å². The molecule has 106 valence electrons. The van der Waals surface area contributed by atoms with Crippen LogP contribution in [0.1, 0.15) is 32.3 Å². The number of ether oxygens (including phenoxy) is 1. The molecule has 0 aliphatic carbocycles. The lowest BCUT2D eigenvalue weighted by molar-refractivity contribution is -0.130. The van der Waals surface area contributed by atoms with Gasteiger partial charge in [0.1, 0.15) is 5.75 Å². The maximum atomic E-state index is 11.8. The third-order valence-electron chi connectivity index (χ3n) is 2.74. The number of nitrogens with two attached hydrogens (primary N) is 1. The average molecular weight is 264 g/mol. The zero-order valence-electron chi connectivity index (χ0n) is 12.1. The Bertz CT molecular complexity index is 388. The van der Waals surface area contributed by atoms with E-state index in [1.54, 1.807) is 4.90 Å². The Balaban J connectivity index is 2.50. The first-order chi connectivity index (χ1) is 9.02. The quantitative estimate of drug-likeness (QED) is 0.821. The highest BCUT2D eigenvalue weighted by Gasteiger charge is 2.08. The van der Waals surface area contributed by atoms with Crippen LogP contribution < -0.4 is 10.5 Å². The monoisotopic (exact) mass is 264 g/mol. The Labute approximate surface area is 115 Å². The number of nitrogens with zero attached hydrogens (tertiary/aromatic N) is 1. The van der Waals surface area contributed by atoms with Gasteiger partial charge >= 0.3 is 0 Å². The van der Waals surface area contributed by atoms with E-state index in [0.29, 0.717) is 19.5 Å². The van der Waals surface area contributed by atoms with Crippen molar-refractivity contribution in [2.45, 2.75) is 39.3 Å². The molecule has 19 heavy (non-hydrogen) atoms. The Morgan fingerprint density at radius 3 is 2.47 bits per heavy atom. The maximum absolute atomic E-state index is 11.8. The zero-order valence-corrected chi connectivity index (χ0v) is 12.1. The van der Waals surface area contributed by atoms with Crippen molar-refractivity contribution in [3.63, 3.8) is 0 Å². The third kappa shape index (κ3) is 5.75. The zero-order chi connectivity index (χ0) is 14.3. The van der Waals surface area contributed by atoms with Gasteiger partial charge in [-0.3, -0.25) is 4.79 Å². The van der Waals surface area contributed by atoms with Crippen LogP contribution in [0.25, 0.3) is 0 Å². The lowest BCUT2D eigenvalue weighted by Gasteiger charge is -2.17. The van der Waals surface area contributed by atoms with E-state index < -0.39 is 0 Å². The Hall–Kier alpha value is -1.55. The molecule has 0 heterocycles. The van der Waals surface area contributed by atoms with Crippen LogP contribution in [-0.2, 0) is 11.3 Å². The summed E-state index contributed by atoms with van der Waals surface area (Å²) in [6.45, 7) is 5.17. The van der Waals surface area contributed by atoms with Crippen molar-refractivity contribution in [2.75, 3.05) is 13.6 Å². The molecule has 0 radical (unpaired) electrons. The largest absolute Gasteiger partial charge is 0.491 e. The second-order valence-electron chi connectivity index (χ2n) is 4.95. The summed E-state index contributed by atoms with van der Waals surface area (Å²) in [5.41, 5.74) is 6.50. The van der Waals surface area contributed by atoms with E-state index in [4.69, 9.17) is 10.5 Å². The molecule has 0 saturated heterocycles. The third-order valence-corrected chi connectivity index (χ3v) is 2.74. The molecule has 1 aromatic rings. The Morgan fingerprint density at radius 2 is 1.95 bits per heavy atom. The smallest absolute Gasteiger partial charge is 0.222 e. The minimum atomic E-state index is 0.132. The van der Waals surface area contributed by atoms with E-state index in [1.807, 2.05) is 45.2 Å². The van der Waals surface area contributed by atoms with Gasteiger partial charge in [-0.25, -0.2) is 0 Å². The van der Waals surface area contributed by atoms with Gasteiger partial charge in [0.15, 0.2) is 0 Å². The first-order valence-corrected chi connectivity index (χ1v) is 6.72. The molecule has 4 nitrogen and oxygen atoms in total. The molecule has 1 amide bonds. The normalized spacial score (nSPS) is 10.6. The average Bonchev–Trinajstić information content (AvgIpc) is 2.37. The summed E-state index contributed by atoms with van der Waals surface area (Å²) in [7, 11) is 1.82.